The summed E-state index contributed by atoms with van der Waals surface area (Å²) in [6.45, 7) is 0.192. The van der Waals surface area contributed by atoms with Gasteiger partial charge in [-0.3, -0.25) is 4.99 Å². The molecule has 1 unspecified atom stereocenters. The topological polar surface area (TPSA) is 36.4 Å². The molecule has 0 amide bonds. The van der Waals surface area contributed by atoms with Gasteiger partial charge in [0, 0.05) is 6.54 Å². The molecule has 0 radical (unpaired) electrons. The second-order valence-corrected chi connectivity index (χ2v) is 3.77. The lowest BCUT2D eigenvalue weighted by atomic mass is 10.2. The van der Waals surface area contributed by atoms with Gasteiger partial charge < -0.3 is 10.6 Å². The molecule has 1 heterocycles. The van der Waals surface area contributed by atoms with E-state index in [2.05, 4.69) is 15.6 Å². The summed E-state index contributed by atoms with van der Waals surface area (Å²) in [5, 5.41) is 5.15. The molecule has 0 fully saturated rings. The van der Waals surface area contributed by atoms with Crippen LogP contribution in [0.5, 0.6) is 0 Å². The molecule has 100 valence electrons. The molecule has 1 aromatic carbocycles. The molecule has 0 saturated heterocycles. The normalized spacial score (nSPS) is 18.6. The average molecular weight is 371 g/mol. The van der Waals surface area contributed by atoms with E-state index in [4.69, 9.17) is 0 Å². The largest absolute Gasteiger partial charge is 0.410 e. The van der Waals surface area contributed by atoms with Crippen molar-refractivity contribution in [2.45, 2.75) is 18.8 Å². The van der Waals surface area contributed by atoms with Crippen molar-refractivity contribution in [2.24, 2.45) is 4.99 Å². The Hall–Kier alpha value is -0.990. The Morgan fingerprint density at radius 3 is 2.50 bits per heavy atom. The summed E-state index contributed by atoms with van der Waals surface area (Å²) in [6, 6.07) is 7.85. The highest BCUT2D eigenvalue weighted by Crippen LogP contribution is 2.22. The first-order chi connectivity index (χ1) is 8.05. The predicted octanol–water partition coefficient (Wildman–Crippen LogP) is 2.28. The van der Waals surface area contributed by atoms with E-state index in [1.54, 1.807) is 0 Å². The van der Waals surface area contributed by atoms with Crippen molar-refractivity contribution >= 4 is 29.9 Å². The Morgan fingerprint density at radius 1 is 1.28 bits per heavy atom. The van der Waals surface area contributed by atoms with Gasteiger partial charge in [-0.15, -0.1) is 24.0 Å². The third kappa shape index (κ3) is 4.04. The molecule has 1 aliphatic rings. The van der Waals surface area contributed by atoms with Gasteiger partial charge in [0.05, 0.1) is 6.54 Å². The number of hydrogen-bond acceptors (Lipinski definition) is 3. The maximum Gasteiger partial charge on any atom is 0.410 e. The van der Waals surface area contributed by atoms with Crippen LogP contribution in [0.4, 0.5) is 13.2 Å². The van der Waals surface area contributed by atoms with Crippen molar-refractivity contribution in [3.63, 3.8) is 0 Å². The molecule has 0 aromatic heterocycles. The minimum absolute atomic E-state index is 0. The Labute approximate surface area is 120 Å². The minimum atomic E-state index is -4.25. The van der Waals surface area contributed by atoms with Gasteiger partial charge in [0.2, 0.25) is 0 Å². The van der Waals surface area contributed by atoms with Gasteiger partial charge in [0.1, 0.15) is 6.04 Å². The van der Waals surface area contributed by atoms with Gasteiger partial charge in [-0.05, 0) is 5.56 Å². The highest BCUT2D eigenvalue weighted by molar-refractivity contribution is 14.0. The van der Waals surface area contributed by atoms with Crippen LogP contribution in [0.15, 0.2) is 35.3 Å². The zero-order chi connectivity index (χ0) is 12.3. The summed E-state index contributed by atoms with van der Waals surface area (Å²) >= 11 is 0. The third-order valence-electron chi connectivity index (χ3n) is 2.44. The second-order valence-electron chi connectivity index (χ2n) is 3.77. The van der Waals surface area contributed by atoms with Crippen LogP contribution in [0, 0.1) is 0 Å². The van der Waals surface area contributed by atoms with Crippen molar-refractivity contribution in [3.8, 4) is 0 Å². The molecule has 1 aliphatic heterocycles. The second kappa shape index (κ2) is 6.26. The van der Waals surface area contributed by atoms with Gasteiger partial charge in [0.25, 0.3) is 0 Å². The number of nitrogens with zero attached hydrogens (tertiary/aromatic N) is 1. The molecular formula is C11H13F3IN3. The number of rotatable bonds is 2. The summed E-state index contributed by atoms with van der Waals surface area (Å²) in [5.74, 6) is 0.205. The first-order valence-corrected chi connectivity index (χ1v) is 5.21. The number of benzene rings is 1. The van der Waals surface area contributed by atoms with Gasteiger partial charge in [0.15, 0.2) is 5.96 Å². The summed E-state index contributed by atoms with van der Waals surface area (Å²) in [7, 11) is 0. The molecule has 0 bridgehead atoms. The van der Waals surface area contributed by atoms with Crippen molar-refractivity contribution in [3.05, 3.63) is 35.9 Å². The van der Waals surface area contributed by atoms with Gasteiger partial charge in [-0.2, -0.15) is 13.2 Å². The fourth-order valence-electron chi connectivity index (χ4n) is 1.51. The number of aliphatic imine (C=N–C) groups is 1. The van der Waals surface area contributed by atoms with E-state index in [0.29, 0.717) is 6.54 Å². The molecule has 3 nitrogen and oxygen atoms in total. The van der Waals surface area contributed by atoms with Crippen molar-refractivity contribution < 1.29 is 13.2 Å². The molecule has 1 aromatic rings. The van der Waals surface area contributed by atoms with Gasteiger partial charge >= 0.3 is 6.18 Å². The SMILES string of the molecule is FC(F)(F)C1CN=C(NCc2ccccc2)N1.I. The summed E-state index contributed by atoms with van der Waals surface area (Å²) in [4.78, 5) is 3.77. The lowest BCUT2D eigenvalue weighted by Gasteiger charge is -2.15. The maximum atomic E-state index is 12.3. The Balaban J connectivity index is 0.00000162. The van der Waals surface area contributed by atoms with Crippen LogP contribution >= 0.6 is 24.0 Å². The summed E-state index contributed by atoms with van der Waals surface area (Å²) in [5.41, 5.74) is 0.993. The highest BCUT2D eigenvalue weighted by atomic mass is 127. The first-order valence-electron chi connectivity index (χ1n) is 5.21. The minimum Gasteiger partial charge on any atom is -0.352 e. The molecule has 7 heteroatoms. The number of guanidine groups is 1. The zero-order valence-electron chi connectivity index (χ0n) is 9.37. The number of alkyl halides is 3. The van der Waals surface area contributed by atoms with Crippen molar-refractivity contribution in [2.75, 3.05) is 6.54 Å². The van der Waals surface area contributed by atoms with E-state index >= 15 is 0 Å². The predicted molar refractivity (Wildman–Crippen MR) is 74.0 cm³/mol. The van der Waals surface area contributed by atoms with Crippen molar-refractivity contribution in [1.29, 1.82) is 0 Å². The van der Waals surface area contributed by atoms with Crippen LogP contribution in [0.2, 0.25) is 0 Å². The Morgan fingerprint density at radius 2 is 1.94 bits per heavy atom. The van der Waals surface area contributed by atoms with Crippen LogP contribution in [-0.2, 0) is 6.54 Å². The van der Waals surface area contributed by atoms with E-state index in [-0.39, 0.29) is 36.5 Å². The van der Waals surface area contributed by atoms with Crippen LogP contribution in [-0.4, -0.2) is 24.7 Å². The van der Waals surface area contributed by atoms with Gasteiger partial charge in [-0.1, -0.05) is 30.3 Å². The summed E-state index contributed by atoms with van der Waals surface area (Å²) in [6.07, 6.45) is -4.25. The van der Waals surface area contributed by atoms with Crippen LogP contribution in [0.1, 0.15) is 5.56 Å². The average Bonchev–Trinajstić information content (AvgIpc) is 2.76. The molecule has 0 spiro atoms. The molecule has 1 atom stereocenters. The maximum absolute atomic E-state index is 12.3. The monoisotopic (exact) mass is 371 g/mol. The van der Waals surface area contributed by atoms with Crippen molar-refractivity contribution in [1.82, 2.24) is 10.6 Å². The molecule has 0 aliphatic carbocycles. The van der Waals surface area contributed by atoms with E-state index < -0.39 is 12.2 Å². The molecule has 18 heavy (non-hydrogen) atoms. The quantitative estimate of drug-likeness (QED) is 0.783. The summed E-state index contributed by atoms with van der Waals surface area (Å²) < 4.78 is 37.0. The number of nitrogens with one attached hydrogen (secondary N) is 2. The Kier molecular flexibility index (Phi) is 5.24. The fraction of sp³-hybridized carbons (Fsp3) is 0.364. The number of halogens is 4. The molecule has 2 rings (SSSR count). The van der Waals surface area contributed by atoms with E-state index in [9.17, 15) is 13.2 Å². The fourth-order valence-corrected chi connectivity index (χ4v) is 1.51. The standard InChI is InChI=1S/C11H12F3N3.HI/c12-11(13,14)9-7-16-10(17-9)15-6-8-4-2-1-3-5-8;/h1-5,9H,6-7H2,(H2,15,16,17);1H. The molecule has 0 saturated carbocycles. The van der Waals surface area contributed by atoms with Crippen LogP contribution in [0.25, 0.3) is 0 Å². The highest BCUT2D eigenvalue weighted by Gasteiger charge is 2.42. The number of hydrogen-bond donors (Lipinski definition) is 2. The van der Waals surface area contributed by atoms with Crippen LogP contribution in [0.3, 0.4) is 0 Å². The smallest absolute Gasteiger partial charge is 0.352 e. The van der Waals surface area contributed by atoms with Crippen LogP contribution < -0.4 is 10.6 Å². The molecule has 2 N–H and O–H groups in total. The molecular weight excluding hydrogens is 358 g/mol. The van der Waals surface area contributed by atoms with E-state index in [1.165, 1.54) is 0 Å². The zero-order valence-corrected chi connectivity index (χ0v) is 11.7. The lowest BCUT2D eigenvalue weighted by Crippen LogP contribution is -2.46. The lowest BCUT2D eigenvalue weighted by molar-refractivity contribution is -0.147. The first kappa shape index (κ1) is 15.1. The third-order valence-corrected chi connectivity index (χ3v) is 2.44. The van der Waals surface area contributed by atoms with E-state index in [1.807, 2.05) is 30.3 Å². The van der Waals surface area contributed by atoms with Gasteiger partial charge in [-0.25, -0.2) is 0 Å². The van der Waals surface area contributed by atoms with E-state index in [0.717, 1.165) is 5.56 Å². The Bertz CT molecular complexity index is 406.